The second kappa shape index (κ2) is 7.81. The number of nitrogens with one attached hydrogen (secondary N) is 1. The monoisotopic (exact) mass is 363 g/mol. The van der Waals surface area contributed by atoms with Crippen LogP contribution in [0.5, 0.6) is 0 Å². The molecule has 5 nitrogen and oxygen atoms in total. The maximum atomic E-state index is 12.3. The summed E-state index contributed by atoms with van der Waals surface area (Å²) in [5.74, 6) is -0.276. The number of hydrogen-bond acceptors (Lipinski definition) is 5. The van der Waals surface area contributed by atoms with Gasteiger partial charge in [-0.2, -0.15) is 0 Å². The maximum absolute atomic E-state index is 12.3. The van der Waals surface area contributed by atoms with Gasteiger partial charge in [0.2, 0.25) is 11.8 Å². The van der Waals surface area contributed by atoms with Crippen molar-refractivity contribution < 1.29 is 9.59 Å². The van der Waals surface area contributed by atoms with Crippen molar-refractivity contribution in [3.63, 3.8) is 0 Å². The lowest BCUT2D eigenvalue weighted by Gasteiger charge is -2.17. The van der Waals surface area contributed by atoms with Crippen LogP contribution < -0.4 is 11.1 Å². The van der Waals surface area contributed by atoms with Gasteiger partial charge in [0.15, 0.2) is 4.34 Å². The van der Waals surface area contributed by atoms with Crippen LogP contribution in [0.3, 0.4) is 0 Å². The van der Waals surface area contributed by atoms with E-state index in [0.717, 1.165) is 11.3 Å². The van der Waals surface area contributed by atoms with Gasteiger partial charge in [-0.15, -0.1) is 0 Å². The molecular formula is C17H21N3O2S2. The Hall–Kier alpha value is -1.86. The maximum Gasteiger partial charge on any atom is 0.227 e. The lowest BCUT2D eigenvalue weighted by Crippen LogP contribution is -2.19. The molecule has 0 unspecified atom stereocenters. The number of primary amides is 1. The van der Waals surface area contributed by atoms with E-state index in [1.165, 1.54) is 23.1 Å². The fraction of sp³-hybridized carbons (Fsp3) is 0.353. The van der Waals surface area contributed by atoms with E-state index < -0.39 is 5.91 Å². The van der Waals surface area contributed by atoms with Gasteiger partial charge in [-0.25, -0.2) is 4.98 Å². The third-order valence-electron chi connectivity index (χ3n) is 2.94. The number of thiazole rings is 1. The number of nitrogens with two attached hydrogens (primary N) is 1. The van der Waals surface area contributed by atoms with Gasteiger partial charge in [-0.05, 0) is 5.41 Å². The zero-order chi connectivity index (χ0) is 17.7. The molecule has 0 fully saturated rings. The molecular weight excluding hydrogens is 342 g/mol. The summed E-state index contributed by atoms with van der Waals surface area (Å²) in [6.45, 7) is 6.06. The average molecular weight is 364 g/mol. The molecule has 0 spiro atoms. The molecule has 2 rings (SSSR count). The van der Waals surface area contributed by atoms with Gasteiger partial charge in [0, 0.05) is 12.0 Å². The highest BCUT2D eigenvalue weighted by molar-refractivity contribution is 8.01. The summed E-state index contributed by atoms with van der Waals surface area (Å²) in [5, 5.41) is 3.66. The van der Waals surface area contributed by atoms with Gasteiger partial charge >= 0.3 is 0 Å². The van der Waals surface area contributed by atoms with Crippen LogP contribution in [0.25, 0.3) is 11.3 Å². The van der Waals surface area contributed by atoms with E-state index in [-0.39, 0.29) is 17.1 Å². The fourth-order valence-corrected chi connectivity index (χ4v) is 3.84. The molecule has 3 N–H and O–H groups in total. The lowest BCUT2D eigenvalue weighted by molar-refractivity contribution is -0.118. The second-order valence-electron chi connectivity index (χ2n) is 6.56. The predicted molar refractivity (Wildman–Crippen MR) is 100 cm³/mol. The molecule has 0 aliphatic rings. The first-order chi connectivity index (χ1) is 11.2. The van der Waals surface area contributed by atoms with Gasteiger partial charge in [0.1, 0.15) is 10.7 Å². The quantitative estimate of drug-likeness (QED) is 0.765. The number of rotatable bonds is 6. The number of amides is 2. The Morgan fingerprint density at radius 2 is 1.92 bits per heavy atom. The van der Waals surface area contributed by atoms with E-state index in [0.29, 0.717) is 15.8 Å². The van der Waals surface area contributed by atoms with Crippen LogP contribution in [0.2, 0.25) is 0 Å². The van der Waals surface area contributed by atoms with Crippen LogP contribution in [-0.4, -0.2) is 22.6 Å². The van der Waals surface area contributed by atoms with E-state index in [4.69, 9.17) is 5.73 Å². The van der Waals surface area contributed by atoms with Gasteiger partial charge in [-0.1, -0.05) is 74.2 Å². The minimum absolute atomic E-state index is 0.0465. The van der Waals surface area contributed by atoms with Crippen LogP contribution in [0, 0.1) is 5.41 Å². The van der Waals surface area contributed by atoms with Crippen molar-refractivity contribution in [2.24, 2.45) is 11.1 Å². The number of anilines is 1. The first kappa shape index (κ1) is 18.5. The van der Waals surface area contributed by atoms with Gasteiger partial charge in [0.05, 0.1) is 5.75 Å². The molecule has 24 heavy (non-hydrogen) atoms. The summed E-state index contributed by atoms with van der Waals surface area (Å²) >= 11 is 2.64. The summed E-state index contributed by atoms with van der Waals surface area (Å²) in [6, 6.07) is 9.65. The van der Waals surface area contributed by atoms with Crippen LogP contribution in [0.1, 0.15) is 27.2 Å². The number of carbonyl (C=O) groups excluding carboxylic acids is 2. The standard InChI is InChI=1S/C17H21N3O2S2/c1-17(2,3)9-13(22)19-15-14(11-7-5-4-6-8-11)20-16(24-15)23-10-12(18)21/h4-8H,9-10H2,1-3H3,(H2,18,21)(H,19,22). The molecule has 1 heterocycles. The zero-order valence-corrected chi connectivity index (χ0v) is 15.6. The van der Waals surface area contributed by atoms with E-state index in [1.807, 2.05) is 51.1 Å². The van der Waals surface area contributed by atoms with Crippen molar-refractivity contribution in [3.8, 4) is 11.3 Å². The Bertz CT molecular complexity index is 721. The van der Waals surface area contributed by atoms with Gasteiger partial charge in [0.25, 0.3) is 0 Å². The summed E-state index contributed by atoms with van der Waals surface area (Å²) in [7, 11) is 0. The number of aromatic nitrogens is 1. The molecule has 2 aromatic rings. The molecule has 128 valence electrons. The SMILES string of the molecule is CC(C)(C)CC(=O)Nc1sc(SCC(N)=O)nc1-c1ccccc1. The molecule has 7 heteroatoms. The Kier molecular flexibility index (Phi) is 6.01. The van der Waals surface area contributed by atoms with E-state index in [1.54, 1.807) is 0 Å². The number of benzene rings is 1. The van der Waals surface area contributed by atoms with Crippen molar-refractivity contribution in [1.29, 1.82) is 0 Å². The predicted octanol–water partition coefficient (Wildman–Crippen LogP) is 3.76. The number of carbonyl (C=O) groups is 2. The Balaban J connectivity index is 2.26. The van der Waals surface area contributed by atoms with E-state index in [9.17, 15) is 9.59 Å². The molecule has 0 aliphatic carbocycles. The van der Waals surface area contributed by atoms with Crippen molar-refractivity contribution in [1.82, 2.24) is 4.98 Å². The highest BCUT2D eigenvalue weighted by atomic mass is 32.2. The topological polar surface area (TPSA) is 85.1 Å². The number of nitrogens with zero attached hydrogens (tertiary/aromatic N) is 1. The minimum atomic E-state index is -0.394. The molecule has 1 aromatic heterocycles. The highest BCUT2D eigenvalue weighted by Crippen LogP contribution is 2.37. The van der Waals surface area contributed by atoms with E-state index in [2.05, 4.69) is 10.3 Å². The Morgan fingerprint density at radius 3 is 2.50 bits per heavy atom. The largest absolute Gasteiger partial charge is 0.369 e. The summed E-state index contributed by atoms with van der Waals surface area (Å²) in [6.07, 6.45) is 0.420. The second-order valence-corrected chi connectivity index (χ2v) is 8.79. The minimum Gasteiger partial charge on any atom is -0.369 e. The third-order valence-corrected chi connectivity index (χ3v) is 5.07. The van der Waals surface area contributed by atoms with Gasteiger partial charge < -0.3 is 11.1 Å². The molecule has 0 saturated carbocycles. The summed E-state index contributed by atoms with van der Waals surface area (Å²) < 4.78 is 0.707. The smallest absolute Gasteiger partial charge is 0.227 e. The number of thioether (sulfide) groups is 1. The average Bonchev–Trinajstić information content (AvgIpc) is 2.87. The highest BCUT2D eigenvalue weighted by Gasteiger charge is 2.20. The van der Waals surface area contributed by atoms with Crippen molar-refractivity contribution in [2.45, 2.75) is 31.5 Å². The molecule has 0 bridgehead atoms. The van der Waals surface area contributed by atoms with Gasteiger partial charge in [-0.3, -0.25) is 9.59 Å². The molecule has 2 amide bonds. The van der Waals surface area contributed by atoms with Crippen molar-refractivity contribution in [2.75, 3.05) is 11.1 Å². The molecule has 0 saturated heterocycles. The summed E-state index contributed by atoms with van der Waals surface area (Å²) in [5.41, 5.74) is 6.74. The van der Waals surface area contributed by atoms with Crippen LogP contribution in [-0.2, 0) is 9.59 Å². The Morgan fingerprint density at radius 1 is 1.25 bits per heavy atom. The molecule has 0 radical (unpaired) electrons. The first-order valence-electron chi connectivity index (χ1n) is 7.52. The Labute approximate surface area is 150 Å². The molecule has 0 aliphatic heterocycles. The fourth-order valence-electron chi connectivity index (χ4n) is 2.02. The van der Waals surface area contributed by atoms with Crippen molar-refractivity contribution in [3.05, 3.63) is 30.3 Å². The first-order valence-corrected chi connectivity index (χ1v) is 9.32. The van der Waals surface area contributed by atoms with E-state index >= 15 is 0 Å². The number of hydrogen-bond donors (Lipinski definition) is 2. The van der Waals surface area contributed by atoms with Crippen LogP contribution in [0.4, 0.5) is 5.00 Å². The molecule has 0 atom stereocenters. The zero-order valence-electron chi connectivity index (χ0n) is 14.0. The van der Waals surface area contributed by atoms with Crippen LogP contribution in [0.15, 0.2) is 34.7 Å². The summed E-state index contributed by atoms with van der Waals surface area (Å²) in [4.78, 5) is 27.8. The third kappa shape index (κ3) is 5.65. The molecule has 1 aromatic carbocycles. The van der Waals surface area contributed by atoms with Crippen molar-refractivity contribution >= 4 is 39.9 Å². The normalized spacial score (nSPS) is 11.3. The van der Waals surface area contributed by atoms with Crippen LogP contribution >= 0.6 is 23.1 Å². The lowest BCUT2D eigenvalue weighted by atomic mass is 9.92.